The Morgan fingerprint density at radius 2 is 2.07 bits per heavy atom. The minimum absolute atomic E-state index is 0.205. The number of anilines is 3. The van der Waals surface area contributed by atoms with Gasteiger partial charge in [0.2, 0.25) is 0 Å². The number of carbonyl (C=O) groups excluding carboxylic acids is 1. The van der Waals surface area contributed by atoms with Gasteiger partial charge in [-0.2, -0.15) is 5.10 Å². The fourth-order valence-electron chi connectivity index (χ4n) is 2.52. The van der Waals surface area contributed by atoms with E-state index in [2.05, 4.69) is 25.9 Å². The Morgan fingerprint density at radius 1 is 1.26 bits per heavy atom. The number of hydrogen-bond donors (Lipinski definition) is 2. The Balaban J connectivity index is 1.80. The zero-order chi connectivity index (χ0) is 19.4. The number of aromatic nitrogens is 4. The highest BCUT2D eigenvalue weighted by Crippen LogP contribution is 2.21. The number of rotatable bonds is 7. The number of Topliss-reactive ketones (excluding diaryl/α,β-unsaturated/α-hetero) is 1. The van der Waals surface area contributed by atoms with Crippen molar-refractivity contribution in [2.75, 3.05) is 10.6 Å². The average Bonchev–Trinajstić information content (AvgIpc) is 3.09. The van der Waals surface area contributed by atoms with Crippen LogP contribution in [0.2, 0.25) is 0 Å². The molecule has 3 aromatic rings. The van der Waals surface area contributed by atoms with Crippen LogP contribution in [0.25, 0.3) is 0 Å². The van der Waals surface area contributed by atoms with Gasteiger partial charge >= 0.3 is 0 Å². The second-order valence-electron chi connectivity index (χ2n) is 6.46. The first-order valence-corrected chi connectivity index (χ1v) is 8.60. The van der Waals surface area contributed by atoms with Gasteiger partial charge in [0.25, 0.3) is 0 Å². The van der Waals surface area contributed by atoms with E-state index in [0.29, 0.717) is 18.1 Å². The highest BCUT2D eigenvalue weighted by molar-refractivity contribution is 5.97. The van der Waals surface area contributed by atoms with E-state index in [1.807, 2.05) is 24.7 Å². The summed E-state index contributed by atoms with van der Waals surface area (Å²) in [5, 5.41) is 18.6. The van der Waals surface area contributed by atoms with E-state index in [0.717, 1.165) is 11.3 Å². The number of ketones is 1. The monoisotopic (exact) mass is 368 g/mol. The Morgan fingerprint density at radius 3 is 2.74 bits per heavy atom. The molecule has 7 nitrogen and oxygen atoms in total. The summed E-state index contributed by atoms with van der Waals surface area (Å²) in [6, 6.07) is 8.22. The van der Waals surface area contributed by atoms with Crippen LogP contribution < -0.4 is 10.6 Å². The summed E-state index contributed by atoms with van der Waals surface area (Å²) in [6.45, 7) is 5.85. The predicted octanol–water partition coefficient (Wildman–Crippen LogP) is 3.95. The molecule has 0 saturated heterocycles. The third-order valence-corrected chi connectivity index (χ3v) is 3.90. The van der Waals surface area contributed by atoms with E-state index in [9.17, 15) is 9.18 Å². The van der Waals surface area contributed by atoms with Crippen molar-refractivity contribution < 1.29 is 9.18 Å². The van der Waals surface area contributed by atoms with Gasteiger partial charge < -0.3 is 10.6 Å². The largest absolute Gasteiger partial charge is 0.379 e. The third-order valence-electron chi connectivity index (χ3n) is 3.90. The maximum Gasteiger partial charge on any atom is 0.182 e. The Labute approximate surface area is 156 Å². The molecule has 140 valence electrons. The molecule has 3 rings (SSSR count). The van der Waals surface area contributed by atoms with E-state index >= 15 is 0 Å². The zero-order valence-corrected chi connectivity index (χ0v) is 15.4. The number of nitrogens with one attached hydrogen (secondary N) is 2. The lowest BCUT2D eigenvalue weighted by Crippen LogP contribution is -2.10. The van der Waals surface area contributed by atoms with Crippen LogP contribution in [-0.4, -0.2) is 25.8 Å². The van der Waals surface area contributed by atoms with Crippen molar-refractivity contribution in [3.63, 3.8) is 0 Å². The van der Waals surface area contributed by atoms with Crippen LogP contribution in [0.1, 0.15) is 42.9 Å². The lowest BCUT2D eigenvalue weighted by atomic mass is 10.2. The van der Waals surface area contributed by atoms with Crippen LogP contribution in [0.3, 0.4) is 0 Å². The fourth-order valence-corrected chi connectivity index (χ4v) is 2.52. The summed E-state index contributed by atoms with van der Waals surface area (Å²) in [4.78, 5) is 11.8. The van der Waals surface area contributed by atoms with Gasteiger partial charge in [0.05, 0.1) is 17.6 Å². The predicted molar refractivity (Wildman–Crippen MR) is 102 cm³/mol. The van der Waals surface area contributed by atoms with E-state index in [1.165, 1.54) is 19.1 Å². The molecular weight excluding hydrogens is 347 g/mol. The molecule has 0 saturated carbocycles. The van der Waals surface area contributed by atoms with Crippen LogP contribution in [0.5, 0.6) is 0 Å². The molecule has 27 heavy (non-hydrogen) atoms. The van der Waals surface area contributed by atoms with Gasteiger partial charge in [0.15, 0.2) is 17.3 Å². The molecule has 1 aromatic carbocycles. The standard InChI is InChI=1S/C19H21FN6O/c1-12(2)26-11-16(10-22-26)23-18-8-17(19(13(3)27)25-24-18)21-9-14-5-4-6-15(20)7-14/h4-8,10-12H,9H2,1-3H3,(H2,21,23,24). The van der Waals surface area contributed by atoms with E-state index in [-0.39, 0.29) is 23.3 Å². The molecule has 0 fully saturated rings. The Bertz CT molecular complexity index is 953. The first kappa shape index (κ1) is 18.5. The highest BCUT2D eigenvalue weighted by atomic mass is 19.1. The third kappa shape index (κ3) is 4.66. The molecule has 2 heterocycles. The second-order valence-corrected chi connectivity index (χ2v) is 6.46. The number of hydrogen-bond acceptors (Lipinski definition) is 6. The molecule has 8 heteroatoms. The smallest absolute Gasteiger partial charge is 0.182 e. The molecule has 0 spiro atoms. The molecule has 2 aromatic heterocycles. The quantitative estimate of drug-likeness (QED) is 0.614. The maximum absolute atomic E-state index is 13.3. The summed E-state index contributed by atoms with van der Waals surface area (Å²) < 4.78 is 15.2. The summed E-state index contributed by atoms with van der Waals surface area (Å²) in [5.41, 5.74) is 2.29. The molecule has 0 amide bonds. The molecule has 0 bridgehead atoms. The number of halogens is 1. The van der Waals surface area contributed by atoms with Gasteiger partial charge in [-0.25, -0.2) is 4.39 Å². The van der Waals surface area contributed by atoms with Crippen molar-refractivity contribution in [1.82, 2.24) is 20.0 Å². The zero-order valence-electron chi connectivity index (χ0n) is 15.4. The van der Waals surface area contributed by atoms with Crippen LogP contribution in [0, 0.1) is 5.82 Å². The summed E-state index contributed by atoms with van der Waals surface area (Å²) in [6.07, 6.45) is 3.56. The average molecular weight is 368 g/mol. The van der Waals surface area contributed by atoms with Crippen molar-refractivity contribution in [3.8, 4) is 0 Å². The lowest BCUT2D eigenvalue weighted by molar-refractivity contribution is 0.101. The van der Waals surface area contributed by atoms with Crippen molar-refractivity contribution in [2.45, 2.75) is 33.4 Å². The second kappa shape index (κ2) is 7.94. The van der Waals surface area contributed by atoms with Crippen LogP contribution in [0.15, 0.2) is 42.7 Å². The molecule has 2 N–H and O–H groups in total. The molecule has 0 aliphatic carbocycles. The van der Waals surface area contributed by atoms with Gasteiger partial charge in [-0.15, -0.1) is 10.2 Å². The topological polar surface area (TPSA) is 84.7 Å². The minimum atomic E-state index is -0.307. The number of carbonyl (C=O) groups is 1. The van der Waals surface area contributed by atoms with Crippen molar-refractivity contribution in [3.05, 3.63) is 59.8 Å². The van der Waals surface area contributed by atoms with E-state index in [4.69, 9.17) is 0 Å². The van der Waals surface area contributed by atoms with Crippen LogP contribution >= 0.6 is 0 Å². The van der Waals surface area contributed by atoms with Gasteiger partial charge in [-0.3, -0.25) is 9.48 Å². The van der Waals surface area contributed by atoms with Crippen LogP contribution in [-0.2, 0) is 6.54 Å². The highest BCUT2D eigenvalue weighted by Gasteiger charge is 2.12. The van der Waals surface area contributed by atoms with E-state index in [1.54, 1.807) is 24.4 Å². The summed E-state index contributed by atoms with van der Waals surface area (Å²) >= 11 is 0. The van der Waals surface area contributed by atoms with Crippen molar-refractivity contribution in [1.29, 1.82) is 0 Å². The van der Waals surface area contributed by atoms with Gasteiger partial charge in [0, 0.05) is 31.8 Å². The molecule has 0 unspecified atom stereocenters. The first-order valence-electron chi connectivity index (χ1n) is 8.60. The fraction of sp³-hybridized carbons (Fsp3) is 0.263. The molecular formula is C19H21FN6O. The molecule has 0 aliphatic heterocycles. The maximum atomic E-state index is 13.3. The van der Waals surface area contributed by atoms with Gasteiger partial charge in [-0.05, 0) is 31.5 Å². The van der Waals surface area contributed by atoms with Crippen molar-refractivity contribution in [2.24, 2.45) is 0 Å². The normalized spacial score (nSPS) is 10.9. The molecule has 0 radical (unpaired) electrons. The van der Waals surface area contributed by atoms with Gasteiger partial charge in [0.1, 0.15) is 5.82 Å². The summed E-state index contributed by atoms with van der Waals surface area (Å²) in [7, 11) is 0. The minimum Gasteiger partial charge on any atom is -0.379 e. The van der Waals surface area contributed by atoms with Gasteiger partial charge in [-0.1, -0.05) is 12.1 Å². The van der Waals surface area contributed by atoms with Crippen LogP contribution in [0.4, 0.5) is 21.6 Å². The number of benzene rings is 1. The Hall–Kier alpha value is -3.29. The van der Waals surface area contributed by atoms with Crippen molar-refractivity contribution >= 4 is 23.0 Å². The first-order chi connectivity index (χ1) is 12.9. The summed E-state index contributed by atoms with van der Waals surface area (Å²) in [5.74, 6) is -0.0352. The SMILES string of the molecule is CC(=O)c1nnc(Nc2cnn(C(C)C)c2)cc1NCc1cccc(F)c1. The van der Waals surface area contributed by atoms with E-state index < -0.39 is 0 Å². The molecule has 0 aliphatic rings. The number of nitrogens with zero attached hydrogens (tertiary/aromatic N) is 4. The Kier molecular flexibility index (Phi) is 5.44. The molecule has 0 atom stereocenters. The lowest BCUT2D eigenvalue weighted by Gasteiger charge is -2.11.